The fraction of sp³-hybridized carbons (Fsp3) is 0.250. The molecular formula is C12H10FNO2S2. The number of hydrogen-bond donors (Lipinski definition) is 1. The van der Waals surface area contributed by atoms with Gasteiger partial charge in [-0.05, 0) is 24.3 Å². The van der Waals surface area contributed by atoms with Crippen LogP contribution in [0.2, 0.25) is 0 Å². The number of halogens is 1. The van der Waals surface area contributed by atoms with E-state index in [4.69, 9.17) is 0 Å². The van der Waals surface area contributed by atoms with Crippen molar-refractivity contribution in [1.82, 2.24) is 0 Å². The molecule has 1 N–H and O–H groups in total. The summed E-state index contributed by atoms with van der Waals surface area (Å²) in [5.41, 5.74) is 0.518. The van der Waals surface area contributed by atoms with E-state index in [-0.39, 0.29) is 11.7 Å². The molecule has 1 amide bonds. The summed E-state index contributed by atoms with van der Waals surface area (Å²) in [7, 11) is 0. The summed E-state index contributed by atoms with van der Waals surface area (Å²) in [6.07, 6.45) is -0.934. The van der Waals surface area contributed by atoms with Gasteiger partial charge >= 0.3 is 0 Å². The molecule has 2 heterocycles. The molecule has 2 aliphatic rings. The molecule has 0 spiro atoms. The third-order valence-electron chi connectivity index (χ3n) is 2.81. The Balaban J connectivity index is 1.96. The predicted molar refractivity (Wildman–Crippen MR) is 71.8 cm³/mol. The van der Waals surface area contributed by atoms with Crippen molar-refractivity contribution in [2.24, 2.45) is 0 Å². The number of hydrogen-bond acceptors (Lipinski definition) is 4. The summed E-state index contributed by atoms with van der Waals surface area (Å²) in [5.74, 6) is 1.22. The SMILES string of the molecule is O=C1C2=C(SCCS2)C(O)N1c1ccc(F)cc1. The smallest absolute Gasteiger partial charge is 0.268 e. The van der Waals surface area contributed by atoms with Gasteiger partial charge in [-0.15, -0.1) is 23.5 Å². The first-order chi connectivity index (χ1) is 8.68. The number of nitrogens with zero attached hydrogens (tertiary/aromatic N) is 1. The number of benzene rings is 1. The van der Waals surface area contributed by atoms with E-state index in [1.807, 2.05) is 0 Å². The van der Waals surface area contributed by atoms with Crippen molar-refractivity contribution in [3.05, 3.63) is 39.9 Å². The molecule has 1 aromatic rings. The van der Waals surface area contributed by atoms with Gasteiger partial charge in [-0.3, -0.25) is 9.69 Å². The number of thioether (sulfide) groups is 2. The van der Waals surface area contributed by atoms with Crippen LogP contribution in [0.5, 0.6) is 0 Å². The molecule has 3 rings (SSSR count). The third kappa shape index (κ3) is 1.84. The zero-order chi connectivity index (χ0) is 12.7. The van der Waals surface area contributed by atoms with E-state index in [1.165, 1.54) is 52.7 Å². The van der Waals surface area contributed by atoms with Crippen molar-refractivity contribution in [2.75, 3.05) is 16.4 Å². The summed E-state index contributed by atoms with van der Waals surface area (Å²) in [5, 5.41) is 10.2. The highest BCUT2D eigenvalue weighted by molar-refractivity contribution is 8.10. The Labute approximate surface area is 112 Å². The van der Waals surface area contributed by atoms with Crippen LogP contribution >= 0.6 is 23.5 Å². The van der Waals surface area contributed by atoms with E-state index in [9.17, 15) is 14.3 Å². The average molecular weight is 283 g/mol. The van der Waals surface area contributed by atoms with E-state index in [0.717, 1.165) is 16.4 Å². The first kappa shape index (κ1) is 12.1. The summed E-state index contributed by atoms with van der Waals surface area (Å²) < 4.78 is 12.9. The van der Waals surface area contributed by atoms with Crippen LogP contribution in [0.15, 0.2) is 34.1 Å². The van der Waals surface area contributed by atoms with Gasteiger partial charge in [-0.2, -0.15) is 0 Å². The van der Waals surface area contributed by atoms with Crippen LogP contribution < -0.4 is 4.90 Å². The van der Waals surface area contributed by atoms with Gasteiger partial charge < -0.3 is 5.11 Å². The van der Waals surface area contributed by atoms with E-state index >= 15 is 0 Å². The molecule has 0 aromatic heterocycles. The molecule has 94 valence electrons. The largest absolute Gasteiger partial charge is 0.368 e. The van der Waals surface area contributed by atoms with Gasteiger partial charge in [-0.25, -0.2) is 4.39 Å². The second kappa shape index (κ2) is 4.60. The summed E-state index contributed by atoms with van der Waals surface area (Å²) >= 11 is 3.00. The first-order valence-corrected chi connectivity index (χ1v) is 7.42. The molecular weight excluding hydrogens is 273 g/mol. The fourth-order valence-corrected chi connectivity index (χ4v) is 4.38. The minimum absolute atomic E-state index is 0.193. The topological polar surface area (TPSA) is 40.5 Å². The zero-order valence-corrected chi connectivity index (χ0v) is 10.9. The quantitative estimate of drug-likeness (QED) is 0.857. The Kier molecular flexibility index (Phi) is 3.09. The molecule has 6 heteroatoms. The number of rotatable bonds is 1. The summed E-state index contributed by atoms with van der Waals surface area (Å²) in [4.78, 5) is 14.9. The lowest BCUT2D eigenvalue weighted by atomic mass is 10.3. The maximum atomic E-state index is 12.9. The lowest BCUT2D eigenvalue weighted by Crippen LogP contribution is -2.35. The second-order valence-corrected chi connectivity index (χ2v) is 6.16. The third-order valence-corrected chi connectivity index (χ3v) is 5.42. The summed E-state index contributed by atoms with van der Waals surface area (Å²) in [6, 6.07) is 5.58. The molecule has 0 radical (unpaired) electrons. The molecule has 1 aromatic carbocycles. The maximum Gasteiger partial charge on any atom is 0.268 e. The van der Waals surface area contributed by atoms with E-state index in [2.05, 4.69) is 0 Å². The number of carbonyl (C=O) groups excluding carboxylic acids is 1. The average Bonchev–Trinajstić information content (AvgIpc) is 2.64. The number of anilines is 1. The first-order valence-electron chi connectivity index (χ1n) is 5.45. The van der Waals surface area contributed by atoms with Gasteiger partial charge in [0.05, 0.1) is 9.81 Å². The fourth-order valence-electron chi connectivity index (χ4n) is 1.99. The maximum absolute atomic E-state index is 12.9. The molecule has 0 aliphatic carbocycles. The standard InChI is InChI=1S/C12H10FNO2S2/c13-7-1-3-8(4-2-7)14-11(15)9-10(12(14)16)18-6-5-17-9/h1-4,11,15H,5-6H2. The van der Waals surface area contributed by atoms with Crippen LogP contribution in [0.4, 0.5) is 10.1 Å². The number of amides is 1. The van der Waals surface area contributed by atoms with Crippen LogP contribution in [0.25, 0.3) is 0 Å². The number of aliphatic hydroxyl groups is 1. The Morgan fingerprint density at radius 1 is 1.22 bits per heavy atom. The highest BCUT2D eigenvalue weighted by Gasteiger charge is 2.40. The highest BCUT2D eigenvalue weighted by Crippen LogP contribution is 2.44. The monoisotopic (exact) mass is 283 g/mol. The molecule has 18 heavy (non-hydrogen) atoms. The number of carbonyl (C=O) groups is 1. The molecule has 2 aliphatic heterocycles. The van der Waals surface area contributed by atoms with Crippen molar-refractivity contribution in [3.8, 4) is 0 Å². The van der Waals surface area contributed by atoms with E-state index in [1.54, 1.807) is 0 Å². The van der Waals surface area contributed by atoms with E-state index in [0.29, 0.717) is 10.6 Å². The van der Waals surface area contributed by atoms with Crippen LogP contribution in [0, 0.1) is 5.82 Å². The molecule has 0 saturated carbocycles. The molecule has 1 unspecified atom stereocenters. The van der Waals surface area contributed by atoms with Gasteiger partial charge in [0.15, 0.2) is 6.23 Å². The predicted octanol–water partition coefficient (Wildman–Crippen LogP) is 2.18. The molecule has 0 bridgehead atoms. The molecule has 0 fully saturated rings. The van der Waals surface area contributed by atoms with Crippen molar-refractivity contribution in [2.45, 2.75) is 6.23 Å². The summed E-state index contributed by atoms with van der Waals surface area (Å²) in [6.45, 7) is 0. The Bertz CT molecular complexity index is 529. The van der Waals surface area contributed by atoms with Gasteiger partial charge in [-0.1, -0.05) is 0 Å². The Morgan fingerprint density at radius 2 is 1.89 bits per heavy atom. The minimum atomic E-state index is -0.934. The Morgan fingerprint density at radius 3 is 2.56 bits per heavy atom. The van der Waals surface area contributed by atoms with Crippen molar-refractivity contribution in [3.63, 3.8) is 0 Å². The number of aliphatic hydroxyl groups excluding tert-OH is 1. The van der Waals surface area contributed by atoms with Crippen LogP contribution in [0.1, 0.15) is 0 Å². The molecule has 3 nitrogen and oxygen atoms in total. The van der Waals surface area contributed by atoms with Crippen LogP contribution in [-0.2, 0) is 4.79 Å². The highest BCUT2D eigenvalue weighted by atomic mass is 32.2. The lowest BCUT2D eigenvalue weighted by Gasteiger charge is -2.22. The normalized spacial score (nSPS) is 23.6. The molecule has 0 saturated heterocycles. The van der Waals surface area contributed by atoms with Crippen LogP contribution in [0.3, 0.4) is 0 Å². The van der Waals surface area contributed by atoms with Crippen molar-refractivity contribution >= 4 is 35.1 Å². The zero-order valence-electron chi connectivity index (χ0n) is 9.30. The lowest BCUT2D eigenvalue weighted by molar-refractivity contribution is -0.114. The van der Waals surface area contributed by atoms with Gasteiger partial charge in [0.1, 0.15) is 5.82 Å². The van der Waals surface area contributed by atoms with Gasteiger partial charge in [0.2, 0.25) is 0 Å². The minimum Gasteiger partial charge on any atom is -0.368 e. The van der Waals surface area contributed by atoms with E-state index < -0.39 is 6.23 Å². The van der Waals surface area contributed by atoms with Gasteiger partial charge in [0, 0.05) is 17.2 Å². The Hall–Kier alpha value is -0.980. The van der Waals surface area contributed by atoms with Crippen LogP contribution in [-0.4, -0.2) is 28.7 Å². The van der Waals surface area contributed by atoms with Gasteiger partial charge in [0.25, 0.3) is 5.91 Å². The van der Waals surface area contributed by atoms with Crippen molar-refractivity contribution < 1.29 is 14.3 Å². The second-order valence-electron chi connectivity index (χ2n) is 3.92. The van der Waals surface area contributed by atoms with Crippen molar-refractivity contribution in [1.29, 1.82) is 0 Å². The molecule has 1 atom stereocenters.